The standard InChI is InChI=1S/C8H14O3.C4H6O3/c1-5(2)7(9)11-8(10)6(3)4;1-3(5)7-4(2)6/h5-6H,1-4H3;1-2H3. The summed E-state index contributed by atoms with van der Waals surface area (Å²) in [6.07, 6.45) is 0. The van der Waals surface area contributed by atoms with Crippen molar-refractivity contribution in [3.8, 4) is 0 Å². The normalized spacial score (nSPS) is 9.33. The number of carbonyl (C=O) groups excluding carboxylic acids is 4. The van der Waals surface area contributed by atoms with E-state index in [1.807, 2.05) is 0 Å². The van der Waals surface area contributed by atoms with Gasteiger partial charge in [-0.1, -0.05) is 27.7 Å². The van der Waals surface area contributed by atoms with E-state index in [0.29, 0.717) is 0 Å². The van der Waals surface area contributed by atoms with Gasteiger partial charge in [-0.3, -0.25) is 19.2 Å². The lowest BCUT2D eigenvalue weighted by Crippen LogP contribution is -2.20. The van der Waals surface area contributed by atoms with Crippen LogP contribution in [0.5, 0.6) is 0 Å². The Morgan fingerprint density at radius 2 is 0.944 bits per heavy atom. The smallest absolute Gasteiger partial charge is 0.316 e. The fourth-order valence-corrected chi connectivity index (χ4v) is 0.537. The second-order valence-corrected chi connectivity index (χ2v) is 4.13. The third-order valence-corrected chi connectivity index (χ3v) is 1.43. The Bertz CT molecular complexity index is 287. The van der Waals surface area contributed by atoms with E-state index in [1.54, 1.807) is 27.7 Å². The van der Waals surface area contributed by atoms with E-state index in [0.717, 1.165) is 0 Å². The molecule has 0 aromatic carbocycles. The molecule has 6 heteroatoms. The van der Waals surface area contributed by atoms with Crippen molar-refractivity contribution < 1.29 is 28.7 Å². The van der Waals surface area contributed by atoms with Gasteiger partial charge in [-0.2, -0.15) is 0 Å². The monoisotopic (exact) mass is 260 g/mol. The van der Waals surface area contributed by atoms with Crippen molar-refractivity contribution in [2.75, 3.05) is 0 Å². The van der Waals surface area contributed by atoms with Crippen LogP contribution >= 0.6 is 0 Å². The molecule has 0 atom stereocenters. The van der Waals surface area contributed by atoms with Crippen LogP contribution in [0.25, 0.3) is 0 Å². The van der Waals surface area contributed by atoms with Gasteiger partial charge in [0, 0.05) is 13.8 Å². The fourth-order valence-electron chi connectivity index (χ4n) is 0.537. The number of rotatable bonds is 2. The molecule has 0 aliphatic rings. The Kier molecular flexibility index (Phi) is 9.66. The van der Waals surface area contributed by atoms with Crippen molar-refractivity contribution in [2.24, 2.45) is 11.8 Å². The second-order valence-electron chi connectivity index (χ2n) is 4.13. The van der Waals surface area contributed by atoms with Crippen molar-refractivity contribution >= 4 is 23.9 Å². The molecule has 0 heterocycles. The molecule has 0 amide bonds. The first kappa shape index (κ1) is 18.6. The Labute approximate surface area is 107 Å². The van der Waals surface area contributed by atoms with E-state index in [4.69, 9.17) is 0 Å². The topological polar surface area (TPSA) is 86.7 Å². The van der Waals surface area contributed by atoms with Crippen molar-refractivity contribution in [3.05, 3.63) is 0 Å². The highest BCUT2D eigenvalue weighted by Gasteiger charge is 2.16. The highest BCUT2D eigenvalue weighted by atomic mass is 16.6. The average Bonchev–Trinajstić information content (AvgIpc) is 2.15. The molecule has 0 radical (unpaired) electrons. The van der Waals surface area contributed by atoms with Gasteiger partial charge >= 0.3 is 23.9 Å². The van der Waals surface area contributed by atoms with E-state index >= 15 is 0 Å². The van der Waals surface area contributed by atoms with Gasteiger partial charge in [0.2, 0.25) is 0 Å². The lowest BCUT2D eigenvalue weighted by molar-refractivity contribution is -0.164. The van der Waals surface area contributed by atoms with Gasteiger partial charge in [0.15, 0.2) is 0 Å². The summed E-state index contributed by atoms with van der Waals surface area (Å²) in [4.78, 5) is 41.3. The van der Waals surface area contributed by atoms with Crippen LogP contribution in [0.15, 0.2) is 0 Å². The van der Waals surface area contributed by atoms with Crippen LogP contribution in [0.4, 0.5) is 0 Å². The highest BCUT2D eigenvalue weighted by Crippen LogP contribution is 2.01. The molecule has 0 N–H and O–H groups in total. The number of esters is 4. The molecular weight excluding hydrogens is 240 g/mol. The average molecular weight is 260 g/mol. The molecule has 0 unspecified atom stereocenters. The molecule has 0 aliphatic heterocycles. The minimum atomic E-state index is -0.562. The van der Waals surface area contributed by atoms with Crippen LogP contribution in [-0.4, -0.2) is 23.9 Å². The van der Waals surface area contributed by atoms with E-state index < -0.39 is 23.9 Å². The van der Waals surface area contributed by atoms with Crippen LogP contribution in [0.3, 0.4) is 0 Å². The van der Waals surface area contributed by atoms with Crippen molar-refractivity contribution in [1.82, 2.24) is 0 Å². The van der Waals surface area contributed by atoms with Gasteiger partial charge in [-0.25, -0.2) is 0 Å². The molecule has 0 aromatic rings. The number of carbonyl (C=O) groups is 4. The Hall–Kier alpha value is -1.72. The maximum atomic E-state index is 10.8. The highest BCUT2D eigenvalue weighted by molar-refractivity contribution is 5.87. The van der Waals surface area contributed by atoms with Crippen LogP contribution < -0.4 is 0 Å². The zero-order chi connectivity index (χ0) is 14.9. The molecule has 0 bridgehead atoms. The summed E-state index contributed by atoms with van der Waals surface area (Å²) >= 11 is 0. The molecule has 0 aromatic heterocycles. The summed E-state index contributed by atoms with van der Waals surface area (Å²) in [5, 5.41) is 0. The Morgan fingerprint density at radius 1 is 0.667 bits per heavy atom. The van der Waals surface area contributed by atoms with E-state index in [2.05, 4.69) is 9.47 Å². The first-order valence-electron chi connectivity index (χ1n) is 5.52. The second kappa shape index (κ2) is 9.32. The zero-order valence-corrected chi connectivity index (χ0v) is 11.6. The fraction of sp³-hybridized carbons (Fsp3) is 0.667. The van der Waals surface area contributed by atoms with Gasteiger partial charge < -0.3 is 9.47 Å². The van der Waals surface area contributed by atoms with Crippen LogP contribution in [0, 0.1) is 11.8 Å². The molecule has 18 heavy (non-hydrogen) atoms. The molecule has 0 aliphatic carbocycles. The quantitative estimate of drug-likeness (QED) is 0.552. The molecule has 0 spiro atoms. The SMILES string of the molecule is CC(=O)OC(C)=O.CC(C)C(=O)OC(=O)C(C)C. The summed E-state index contributed by atoms with van der Waals surface area (Å²) in [5.74, 6) is -2.51. The third-order valence-electron chi connectivity index (χ3n) is 1.43. The predicted molar refractivity (Wildman–Crippen MR) is 63.2 cm³/mol. The van der Waals surface area contributed by atoms with Crippen LogP contribution in [0.1, 0.15) is 41.5 Å². The van der Waals surface area contributed by atoms with E-state index in [1.165, 1.54) is 13.8 Å². The first-order chi connectivity index (χ1) is 8.07. The summed E-state index contributed by atoms with van der Waals surface area (Å²) in [7, 11) is 0. The molecule has 104 valence electrons. The lowest BCUT2D eigenvalue weighted by atomic mass is 10.2. The molecule has 0 fully saturated rings. The minimum Gasteiger partial charge on any atom is -0.394 e. The van der Waals surface area contributed by atoms with E-state index in [9.17, 15) is 19.2 Å². The molecular formula is C12H20O6. The Balaban J connectivity index is 0. The van der Waals surface area contributed by atoms with Gasteiger partial charge in [-0.15, -0.1) is 0 Å². The largest absolute Gasteiger partial charge is 0.394 e. The molecule has 0 saturated carbocycles. The molecule has 0 rings (SSSR count). The lowest BCUT2D eigenvalue weighted by Gasteiger charge is -2.06. The van der Waals surface area contributed by atoms with Crippen molar-refractivity contribution in [2.45, 2.75) is 41.5 Å². The third kappa shape index (κ3) is 12.4. The summed E-state index contributed by atoms with van der Waals surface area (Å²) in [5.41, 5.74) is 0. The maximum absolute atomic E-state index is 10.8. The summed E-state index contributed by atoms with van der Waals surface area (Å²) in [6.45, 7) is 9.13. The number of ether oxygens (including phenoxy) is 2. The van der Waals surface area contributed by atoms with Gasteiger partial charge in [-0.05, 0) is 0 Å². The number of hydrogen-bond acceptors (Lipinski definition) is 6. The minimum absolute atomic E-state index is 0.238. The van der Waals surface area contributed by atoms with Gasteiger partial charge in [0.1, 0.15) is 0 Å². The number of hydrogen-bond donors (Lipinski definition) is 0. The van der Waals surface area contributed by atoms with Crippen LogP contribution in [0.2, 0.25) is 0 Å². The van der Waals surface area contributed by atoms with Crippen molar-refractivity contribution in [3.63, 3.8) is 0 Å². The first-order valence-corrected chi connectivity index (χ1v) is 5.52. The van der Waals surface area contributed by atoms with E-state index in [-0.39, 0.29) is 11.8 Å². The maximum Gasteiger partial charge on any atom is 0.316 e. The Morgan fingerprint density at radius 3 is 1.06 bits per heavy atom. The van der Waals surface area contributed by atoms with Gasteiger partial charge in [0.25, 0.3) is 0 Å². The van der Waals surface area contributed by atoms with Crippen LogP contribution in [-0.2, 0) is 28.7 Å². The molecule has 6 nitrogen and oxygen atoms in total. The predicted octanol–water partition coefficient (Wildman–Crippen LogP) is 1.46. The van der Waals surface area contributed by atoms with Crippen molar-refractivity contribution in [1.29, 1.82) is 0 Å². The zero-order valence-electron chi connectivity index (χ0n) is 11.6. The van der Waals surface area contributed by atoms with Gasteiger partial charge in [0.05, 0.1) is 11.8 Å². The molecule has 0 saturated heterocycles. The summed E-state index contributed by atoms with van der Waals surface area (Å²) in [6, 6.07) is 0. The summed E-state index contributed by atoms with van der Waals surface area (Å²) < 4.78 is 8.47.